The third-order valence-electron chi connectivity index (χ3n) is 2.80. The van der Waals surface area contributed by atoms with Gasteiger partial charge in [0.05, 0.1) is 0 Å². The van der Waals surface area contributed by atoms with Crippen molar-refractivity contribution in [3.05, 3.63) is 0 Å². The van der Waals surface area contributed by atoms with Crippen molar-refractivity contribution >= 4 is 0 Å². The van der Waals surface area contributed by atoms with Gasteiger partial charge in [0.25, 0.3) is 0 Å². The van der Waals surface area contributed by atoms with Crippen LogP contribution in [-0.4, -0.2) is 12.6 Å². The molecule has 1 nitrogen and oxygen atoms in total. The van der Waals surface area contributed by atoms with Gasteiger partial charge in [0.1, 0.15) is 0 Å². The lowest BCUT2D eigenvalue weighted by Crippen LogP contribution is -2.39. The molecule has 0 radical (unpaired) electrons. The topological polar surface area (TPSA) is 12.0 Å². The van der Waals surface area contributed by atoms with Crippen molar-refractivity contribution in [2.45, 2.75) is 52.0 Å². The van der Waals surface area contributed by atoms with E-state index in [1.807, 2.05) is 0 Å². The highest BCUT2D eigenvalue weighted by atomic mass is 14.9. The molecule has 0 saturated carbocycles. The fourth-order valence-electron chi connectivity index (χ4n) is 1.92. The van der Waals surface area contributed by atoms with E-state index in [4.69, 9.17) is 0 Å². The molecule has 1 aliphatic rings. The van der Waals surface area contributed by atoms with Crippen molar-refractivity contribution in [1.82, 2.24) is 5.32 Å². The molecule has 1 N–H and O–H groups in total. The highest BCUT2D eigenvalue weighted by Crippen LogP contribution is 2.19. The van der Waals surface area contributed by atoms with E-state index in [0.717, 1.165) is 12.0 Å². The Morgan fingerprint density at radius 1 is 1.45 bits per heavy atom. The third kappa shape index (κ3) is 2.82. The molecule has 0 aromatic heterocycles. The molecule has 1 rings (SSSR count). The van der Waals surface area contributed by atoms with E-state index in [-0.39, 0.29) is 0 Å². The summed E-state index contributed by atoms with van der Waals surface area (Å²) >= 11 is 0. The molecular weight excluding hydrogens is 134 g/mol. The van der Waals surface area contributed by atoms with Gasteiger partial charge in [0, 0.05) is 6.04 Å². The molecule has 0 bridgehead atoms. The molecular formula is C10H21N. The lowest BCUT2D eigenvalue weighted by molar-refractivity contribution is 0.282. The summed E-state index contributed by atoms with van der Waals surface area (Å²) in [5, 5.41) is 3.60. The Morgan fingerprint density at radius 2 is 2.27 bits per heavy atom. The summed E-state index contributed by atoms with van der Waals surface area (Å²) in [6, 6.07) is 0.823. The van der Waals surface area contributed by atoms with Gasteiger partial charge in [-0.1, -0.05) is 26.7 Å². The predicted molar refractivity (Wildman–Crippen MR) is 49.7 cm³/mol. The van der Waals surface area contributed by atoms with Gasteiger partial charge < -0.3 is 5.32 Å². The normalized spacial score (nSPS) is 32.2. The number of rotatable bonds is 3. The number of hydrogen-bond acceptors (Lipinski definition) is 1. The van der Waals surface area contributed by atoms with Crippen LogP contribution in [0.3, 0.4) is 0 Å². The molecule has 1 fully saturated rings. The van der Waals surface area contributed by atoms with E-state index in [0.29, 0.717) is 0 Å². The van der Waals surface area contributed by atoms with E-state index in [1.54, 1.807) is 0 Å². The first-order chi connectivity index (χ1) is 5.34. The van der Waals surface area contributed by atoms with Gasteiger partial charge >= 0.3 is 0 Å². The van der Waals surface area contributed by atoms with Crippen molar-refractivity contribution < 1.29 is 0 Å². The Labute approximate surface area is 70.6 Å². The van der Waals surface area contributed by atoms with Gasteiger partial charge in [0.2, 0.25) is 0 Å². The summed E-state index contributed by atoms with van der Waals surface area (Å²) in [5.41, 5.74) is 0. The van der Waals surface area contributed by atoms with Crippen LogP contribution in [-0.2, 0) is 0 Å². The van der Waals surface area contributed by atoms with Crippen LogP contribution in [0.25, 0.3) is 0 Å². The summed E-state index contributed by atoms with van der Waals surface area (Å²) < 4.78 is 0. The molecule has 0 amide bonds. The van der Waals surface area contributed by atoms with Crippen LogP contribution in [0.1, 0.15) is 46.0 Å². The van der Waals surface area contributed by atoms with E-state index < -0.39 is 0 Å². The first-order valence-corrected chi connectivity index (χ1v) is 5.08. The molecule has 66 valence electrons. The zero-order chi connectivity index (χ0) is 8.10. The summed E-state index contributed by atoms with van der Waals surface area (Å²) in [6.07, 6.45) is 6.93. The van der Waals surface area contributed by atoms with Crippen LogP contribution in [0.4, 0.5) is 0 Å². The maximum Gasteiger partial charge on any atom is 0.00926 e. The fourth-order valence-corrected chi connectivity index (χ4v) is 1.92. The van der Waals surface area contributed by atoms with Crippen LogP contribution < -0.4 is 5.32 Å². The molecule has 2 atom stereocenters. The van der Waals surface area contributed by atoms with Gasteiger partial charge in [-0.25, -0.2) is 0 Å². The van der Waals surface area contributed by atoms with Gasteiger partial charge in [0.15, 0.2) is 0 Å². The van der Waals surface area contributed by atoms with Crippen molar-refractivity contribution in [1.29, 1.82) is 0 Å². The second kappa shape index (κ2) is 4.76. The number of unbranched alkanes of at least 4 members (excludes halogenated alkanes) is 1. The molecule has 1 heterocycles. The van der Waals surface area contributed by atoms with E-state index in [2.05, 4.69) is 19.2 Å². The van der Waals surface area contributed by atoms with E-state index in [9.17, 15) is 0 Å². The maximum absolute atomic E-state index is 3.60. The summed E-state index contributed by atoms with van der Waals surface area (Å²) in [7, 11) is 0. The third-order valence-corrected chi connectivity index (χ3v) is 2.80. The van der Waals surface area contributed by atoms with Crippen molar-refractivity contribution in [2.24, 2.45) is 5.92 Å². The van der Waals surface area contributed by atoms with Gasteiger partial charge in [-0.3, -0.25) is 0 Å². The van der Waals surface area contributed by atoms with Crippen LogP contribution in [0.15, 0.2) is 0 Å². The summed E-state index contributed by atoms with van der Waals surface area (Å²) in [6.45, 7) is 5.90. The zero-order valence-corrected chi connectivity index (χ0v) is 7.90. The monoisotopic (exact) mass is 155 g/mol. The molecule has 0 aromatic rings. The highest BCUT2D eigenvalue weighted by Gasteiger charge is 2.19. The second-order valence-corrected chi connectivity index (χ2v) is 3.82. The van der Waals surface area contributed by atoms with Crippen molar-refractivity contribution in [3.8, 4) is 0 Å². The fraction of sp³-hybridized carbons (Fsp3) is 1.00. The minimum Gasteiger partial charge on any atom is -0.314 e. The highest BCUT2D eigenvalue weighted by molar-refractivity contribution is 4.77. The predicted octanol–water partition coefficient (Wildman–Crippen LogP) is 2.56. The van der Waals surface area contributed by atoms with Crippen LogP contribution >= 0.6 is 0 Å². The maximum atomic E-state index is 3.60. The van der Waals surface area contributed by atoms with Crippen molar-refractivity contribution in [3.63, 3.8) is 0 Å². The smallest absolute Gasteiger partial charge is 0.00926 e. The Morgan fingerprint density at radius 3 is 2.91 bits per heavy atom. The van der Waals surface area contributed by atoms with Gasteiger partial charge in [-0.15, -0.1) is 0 Å². The van der Waals surface area contributed by atoms with Gasteiger partial charge in [-0.05, 0) is 31.7 Å². The zero-order valence-electron chi connectivity index (χ0n) is 7.90. The minimum absolute atomic E-state index is 0.823. The molecule has 0 aromatic carbocycles. The second-order valence-electron chi connectivity index (χ2n) is 3.82. The number of piperidine rings is 1. The van der Waals surface area contributed by atoms with Crippen LogP contribution in [0, 0.1) is 5.92 Å². The quantitative estimate of drug-likeness (QED) is 0.660. The Kier molecular flexibility index (Phi) is 3.92. The number of nitrogens with one attached hydrogen (secondary N) is 1. The number of hydrogen-bond donors (Lipinski definition) is 1. The Hall–Kier alpha value is -0.0400. The van der Waals surface area contributed by atoms with E-state index in [1.165, 1.54) is 38.6 Å². The summed E-state index contributed by atoms with van der Waals surface area (Å²) in [4.78, 5) is 0. The molecule has 1 heteroatoms. The SMILES string of the molecule is CCCC[C@@H]1NCCC[C@H]1C. The standard InChI is InChI=1S/C10H21N/c1-3-4-7-10-9(2)6-5-8-11-10/h9-11H,3-8H2,1-2H3/t9-,10+/m1/s1. The first-order valence-electron chi connectivity index (χ1n) is 5.08. The van der Waals surface area contributed by atoms with E-state index >= 15 is 0 Å². The molecule has 0 unspecified atom stereocenters. The molecule has 0 aliphatic carbocycles. The van der Waals surface area contributed by atoms with Gasteiger partial charge in [-0.2, -0.15) is 0 Å². The average molecular weight is 155 g/mol. The Bertz CT molecular complexity index is 101. The molecule has 1 saturated heterocycles. The Balaban J connectivity index is 2.18. The first kappa shape index (κ1) is 9.05. The summed E-state index contributed by atoms with van der Waals surface area (Å²) in [5.74, 6) is 0.912. The molecule has 1 aliphatic heterocycles. The van der Waals surface area contributed by atoms with Crippen LogP contribution in [0.2, 0.25) is 0 Å². The largest absolute Gasteiger partial charge is 0.314 e. The average Bonchev–Trinajstić information content (AvgIpc) is 2.03. The lowest BCUT2D eigenvalue weighted by Gasteiger charge is -2.29. The molecule has 11 heavy (non-hydrogen) atoms. The van der Waals surface area contributed by atoms with Crippen molar-refractivity contribution in [2.75, 3.05) is 6.54 Å². The lowest BCUT2D eigenvalue weighted by atomic mass is 9.89. The minimum atomic E-state index is 0.823. The molecule has 0 spiro atoms. The van der Waals surface area contributed by atoms with Crippen LogP contribution in [0.5, 0.6) is 0 Å².